The minimum atomic E-state index is 0.498. The van der Waals surface area contributed by atoms with Gasteiger partial charge in [-0.25, -0.2) is 4.68 Å². The van der Waals surface area contributed by atoms with Crippen molar-refractivity contribution in [1.82, 2.24) is 20.2 Å². The van der Waals surface area contributed by atoms with Gasteiger partial charge in [0.2, 0.25) is 0 Å². The number of nitrogens with zero attached hydrogens (tertiary/aromatic N) is 4. The molecule has 0 atom stereocenters. The summed E-state index contributed by atoms with van der Waals surface area (Å²) in [5.41, 5.74) is 0. The lowest BCUT2D eigenvalue weighted by atomic mass is 9.95. The molecule has 106 valence electrons. The quantitative estimate of drug-likeness (QED) is 0.751. The summed E-state index contributed by atoms with van der Waals surface area (Å²) in [5.74, 6) is 0.992. The van der Waals surface area contributed by atoms with Crippen molar-refractivity contribution in [1.29, 1.82) is 0 Å². The van der Waals surface area contributed by atoms with Crippen molar-refractivity contribution in [2.24, 2.45) is 0 Å². The molecule has 1 aromatic heterocycles. The molecule has 0 unspecified atom stereocenters. The van der Waals surface area contributed by atoms with E-state index in [-0.39, 0.29) is 0 Å². The fourth-order valence-corrected chi connectivity index (χ4v) is 2.87. The zero-order valence-electron chi connectivity index (χ0n) is 11.5. The first-order valence-electron chi connectivity index (χ1n) is 7.23. The van der Waals surface area contributed by atoms with Crippen LogP contribution in [0.5, 0.6) is 0 Å². The van der Waals surface area contributed by atoms with Gasteiger partial charge < -0.3 is 4.74 Å². The van der Waals surface area contributed by atoms with Crippen LogP contribution in [0.3, 0.4) is 0 Å². The molecule has 0 N–H and O–H groups in total. The highest BCUT2D eigenvalue weighted by Crippen LogP contribution is 2.28. The molecule has 0 spiro atoms. The number of hydrogen-bond donors (Lipinski definition) is 0. The first-order valence-corrected chi connectivity index (χ1v) is 7.64. The van der Waals surface area contributed by atoms with Gasteiger partial charge in [0.05, 0.1) is 12.6 Å². The van der Waals surface area contributed by atoms with Gasteiger partial charge in [-0.2, -0.15) is 0 Å². The first-order chi connectivity index (χ1) is 9.31. The number of aryl methyl sites for hydroxylation is 1. The van der Waals surface area contributed by atoms with E-state index in [1.807, 2.05) is 11.6 Å². The normalized spacial score (nSPS) is 16.5. The van der Waals surface area contributed by atoms with Gasteiger partial charge in [-0.05, 0) is 48.8 Å². The standard InChI is InChI=1S/C13H22N4OS/c1-2-18-13(19)10-6-9-12-14-15-16-17(12)11-7-4-3-5-8-11/h11H,2-10H2,1H3. The van der Waals surface area contributed by atoms with Crippen LogP contribution in [-0.2, 0) is 11.2 Å². The Morgan fingerprint density at radius 1 is 1.37 bits per heavy atom. The van der Waals surface area contributed by atoms with Crippen molar-refractivity contribution in [2.45, 2.75) is 64.3 Å². The molecule has 1 aliphatic rings. The van der Waals surface area contributed by atoms with Crippen molar-refractivity contribution in [3.05, 3.63) is 5.82 Å². The molecule has 0 aliphatic heterocycles. The second kappa shape index (κ2) is 7.53. The Balaban J connectivity index is 1.83. The molecule has 5 nitrogen and oxygen atoms in total. The number of thiocarbonyl (C=S) groups is 1. The van der Waals surface area contributed by atoms with Crippen LogP contribution >= 0.6 is 12.2 Å². The van der Waals surface area contributed by atoms with Gasteiger partial charge in [-0.1, -0.05) is 19.3 Å². The maximum absolute atomic E-state index is 5.28. The topological polar surface area (TPSA) is 52.8 Å². The predicted molar refractivity (Wildman–Crippen MR) is 77.1 cm³/mol. The molecule has 19 heavy (non-hydrogen) atoms. The van der Waals surface area contributed by atoms with E-state index in [0.29, 0.717) is 17.7 Å². The Hall–Kier alpha value is -1.04. The highest BCUT2D eigenvalue weighted by Gasteiger charge is 2.19. The lowest BCUT2D eigenvalue weighted by Crippen LogP contribution is -2.17. The summed E-state index contributed by atoms with van der Waals surface area (Å²) in [6, 6.07) is 0.498. The first kappa shape index (κ1) is 14.4. The Bertz CT molecular complexity index is 401. The summed E-state index contributed by atoms with van der Waals surface area (Å²) in [7, 11) is 0. The van der Waals surface area contributed by atoms with Crippen LogP contribution in [0.25, 0.3) is 0 Å². The Morgan fingerprint density at radius 2 is 2.16 bits per heavy atom. The zero-order valence-corrected chi connectivity index (χ0v) is 12.4. The summed E-state index contributed by atoms with van der Waals surface area (Å²) in [5, 5.41) is 12.8. The zero-order chi connectivity index (χ0) is 13.5. The molecule has 0 amide bonds. The van der Waals surface area contributed by atoms with Crippen LogP contribution in [0.15, 0.2) is 0 Å². The SMILES string of the molecule is CCOC(=S)CCCc1nnnn1C1CCCCC1. The van der Waals surface area contributed by atoms with Gasteiger partial charge in [0.15, 0.2) is 10.9 Å². The monoisotopic (exact) mass is 282 g/mol. The van der Waals surface area contributed by atoms with E-state index >= 15 is 0 Å². The number of ether oxygens (including phenoxy) is 1. The van der Waals surface area contributed by atoms with Crippen LogP contribution in [-0.4, -0.2) is 31.9 Å². The number of aromatic nitrogens is 4. The van der Waals surface area contributed by atoms with Gasteiger partial charge in [0, 0.05) is 12.8 Å². The van der Waals surface area contributed by atoms with Crippen molar-refractivity contribution < 1.29 is 4.74 Å². The van der Waals surface area contributed by atoms with E-state index in [9.17, 15) is 0 Å². The second-order valence-corrected chi connectivity index (χ2v) is 5.45. The number of tetrazole rings is 1. The summed E-state index contributed by atoms with van der Waals surface area (Å²) >= 11 is 5.13. The minimum Gasteiger partial charge on any atom is -0.487 e. The van der Waals surface area contributed by atoms with Crippen molar-refractivity contribution >= 4 is 17.3 Å². The Morgan fingerprint density at radius 3 is 2.89 bits per heavy atom. The number of hydrogen-bond acceptors (Lipinski definition) is 5. The third-order valence-corrected chi connectivity index (χ3v) is 3.89. The molecule has 0 saturated heterocycles. The van der Waals surface area contributed by atoms with Crippen LogP contribution in [0.2, 0.25) is 0 Å². The largest absolute Gasteiger partial charge is 0.487 e. The van der Waals surface area contributed by atoms with Crippen LogP contribution in [0, 0.1) is 0 Å². The minimum absolute atomic E-state index is 0.498. The van der Waals surface area contributed by atoms with Gasteiger partial charge in [-0.3, -0.25) is 0 Å². The van der Waals surface area contributed by atoms with Crippen LogP contribution in [0.4, 0.5) is 0 Å². The van der Waals surface area contributed by atoms with Crippen molar-refractivity contribution in [3.63, 3.8) is 0 Å². The lowest BCUT2D eigenvalue weighted by molar-refractivity contribution is 0.314. The van der Waals surface area contributed by atoms with Gasteiger partial charge in [0.25, 0.3) is 0 Å². The molecule has 0 radical (unpaired) electrons. The maximum Gasteiger partial charge on any atom is 0.159 e. The molecule has 1 heterocycles. The van der Waals surface area contributed by atoms with E-state index in [4.69, 9.17) is 17.0 Å². The predicted octanol–water partition coefficient (Wildman–Crippen LogP) is 2.86. The lowest BCUT2D eigenvalue weighted by Gasteiger charge is -2.22. The average Bonchev–Trinajstić information content (AvgIpc) is 2.88. The van der Waals surface area contributed by atoms with E-state index < -0.39 is 0 Å². The van der Waals surface area contributed by atoms with Crippen molar-refractivity contribution in [2.75, 3.05) is 6.61 Å². The summed E-state index contributed by atoms with van der Waals surface area (Å²) < 4.78 is 7.31. The smallest absolute Gasteiger partial charge is 0.159 e. The average molecular weight is 282 g/mol. The molecule has 6 heteroatoms. The maximum atomic E-state index is 5.28. The molecule has 1 aromatic rings. The van der Waals surface area contributed by atoms with Crippen LogP contribution < -0.4 is 0 Å². The molecule has 0 aromatic carbocycles. The molecule has 2 rings (SSSR count). The summed E-state index contributed by atoms with van der Waals surface area (Å²) in [4.78, 5) is 0. The van der Waals surface area contributed by atoms with Gasteiger partial charge in [-0.15, -0.1) is 5.10 Å². The van der Waals surface area contributed by atoms with Gasteiger partial charge in [0.1, 0.15) is 0 Å². The van der Waals surface area contributed by atoms with Gasteiger partial charge >= 0.3 is 0 Å². The molecule has 1 aliphatic carbocycles. The Labute approximate surface area is 119 Å². The van der Waals surface area contributed by atoms with Crippen molar-refractivity contribution in [3.8, 4) is 0 Å². The fraction of sp³-hybridized carbons (Fsp3) is 0.846. The molecular formula is C13H22N4OS. The molecular weight excluding hydrogens is 260 g/mol. The van der Waals surface area contributed by atoms with E-state index in [0.717, 1.165) is 25.1 Å². The third-order valence-electron chi connectivity index (χ3n) is 3.57. The van der Waals surface area contributed by atoms with Crippen LogP contribution in [0.1, 0.15) is 63.7 Å². The fourth-order valence-electron chi connectivity index (χ4n) is 2.61. The highest BCUT2D eigenvalue weighted by molar-refractivity contribution is 7.80. The molecule has 0 bridgehead atoms. The second-order valence-electron chi connectivity index (χ2n) is 4.99. The molecule has 1 saturated carbocycles. The van der Waals surface area contributed by atoms with E-state index in [2.05, 4.69) is 15.5 Å². The van der Waals surface area contributed by atoms with E-state index in [1.54, 1.807) is 0 Å². The summed E-state index contributed by atoms with van der Waals surface area (Å²) in [6.07, 6.45) is 8.96. The summed E-state index contributed by atoms with van der Waals surface area (Å²) in [6.45, 7) is 2.61. The number of rotatable bonds is 6. The Kier molecular flexibility index (Phi) is 5.69. The highest BCUT2D eigenvalue weighted by atomic mass is 32.1. The molecule has 1 fully saturated rings. The third kappa shape index (κ3) is 4.23. The van der Waals surface area contributed by atoms with E-state index in [1.165, 1.54) is 32.1 Å².